The minimum atomic E-state index is 0.625. The number of hydrogen-bond acceptors (Lipinski definition) is 2. The van der Waals surface area contributed by atoms with Crippen LogP contribution in [-0.2, 0) is 0 Å². The number of para-hydroxylation sites is 3. The summed E-state index contributed by atoms with van der Waals surface area (Å²) in [7, 11) is 0. The van der Waals surface area contributed by atoms with E-state index in [0.717, 1.165) is 60.9 Å². The monoisotopic (exact) mass is 599 g/mol. The lowest BCUT2D eigenvalue weighted by atomic mass is 10.0. The van der Waals surface area contributed by atoms with E-state index in [1.165, 1.54) is 27.2 Å². The second-order valence-corrected chi connectivity index (χ2v) is 12.1. The molecule has 0 aliphatic rings. The molecule has 0 bridgehead atoms. The van der Waals surface area contributed by atoms with E-state index in [-0.39, 0.29) is 0 Å². The molecule has 0 aliphatic heterocycles. The molecule has 0 atom stereocenters. The first-order chi connectivity index (χ1) is 23.3. The highest BCUT2D eigenvalue weighted by Gasteiger charge is 2.19. The fraction of sp³-hybridized carbons (Fsp3) is 0. The normalized spacial score (nSPS) is 11.8. The SMILES string of the molecule is N#Cc1ccc2oc3c(ccc4c5ccccc5n(-c5ccc(-c6ccc(-n7c8ccccc8c8ccccc87)cc6)cc5)c43)c2c1. The summed E-state index contributed by atoms with van der Waals surface area (Å²) >= 11 is 0. The van der Waals surface area contributed by atoms with Gasteiger partial charge in [-0.25, -0.2) is 0 Å². The van der Waals surface area contributed by atoms with E-state index in [2.05, 4.69) is 149 Å². The van der Waals surface area contributed by atoms with Crippen molar-refractivity contribution in [2.24, 2.45) is 0 Å². The van der Waals surface area contributed by atoms with Crippen LogP contribution < -0.4 is 0 Å². The van der Waals surface area contributed by atoms with Crippen molar-refractivity contribution in [1.29, 1.82) is 5.26 Å². The van der Waals surface area contributed by atoms with Crippen LogP contribution in [0.3, 0.4) is 0 Å². The summed E-state index contributed by atoms with van der Waals surface area (Å²) in [6.07, 6.45) is 0. The molecule has 0 saturated carbocycles. The largest absolute Gasteiger partial charge is 0.454 e. The summed E-state index contributed by atoms with van der Waals surface area (Å²) in [6, 6.07) is 55.5. The van der Waals surface area contributed by atoms with Crippen LogP contribution in [0.2, 0.25) is 0 Å². The lowest BCUT2D eigenvalue weighted by molar-refractivity contribution is 0.671. The summed E-state index contributed by atoms with van der Waals surface area (Å²) in [5, 5.41) is 16.3. The highest BCUT2D eigenvalue weighted by atomic mass is 16.3. The molecule has 10 aromatic rings. The van der Waals surface area contributed by atoms with E-state index in [4.69, 9.17) is 4.42 Å². The van der Waals surface area contributed by atoms with Gasteiger partial charge in [0.1, 0.15) is 5.58 Å². The van der Waals surface area contributed by atoms with Gasteiger partial charge >= 0.3 is 0 Å². The van der Waals surface area contributed by atoms with Crippen molar-refractivity contribution in [3.05, 3.63) is 157 Å². The number of benzene rings is 7. The molecule has 7 aromatic carbocycles. The Kier molecular flexibility index (Phi) is 5.32. The molecule has 4 nitrogen and oxygen atoms in total. The standard InChI is InChI=1S/C43H25N3O/c44-26-27-13-24-41-37(25-27)36-23-22-35-34-9-3-6-12-40(34)46(42(35)43(36)47-41)31-20-16-29(17-21-31)28-14-18-30(19-15-28)45-38-10-4-1-7-32(38)33-8-2-5-11-39(33)45/h1-25H. The van der Waals surface area contributed by atoms with Crippen molar-refractivity contribution >= 4 is 65.6 Å². The molecule has 0 fully saturated rings. The summed E-state index contributed by atoms with van der Waals surface area (Å²) < 4.78 is 11.2. The quantitative estimate of drug-likeness (QED) is 0.203. The minimum Gasteiger partial charge on any atom is -0.454 e. The maximum Gasteiger partial charge on any atom is 0.160 e. The van der Waals surface area contributed by atoms with Crippen molar-refractivity contribution in [3.8, 4) is 28.6 Å². The maximum atomic E-state index is 9.52. The molecule has 0 radical (unpaired) electrons. The van der Waals surface area contributed by atoms with Gasteiger partial charge in [0, 0.05) is 43.7 Å². The Morgan fingerprint density at radius 3 is 1.55 bits per heavy atom. The van der Waals surface area contributed by atoms with Gasteiger partial charge in [0.25, 0.3) is 0 Å². The summed E-state index contributed by atoms with van der Waals surface area (Å²) in [5.74, 6) is 0. The van der Waals surface area contributed by atoms with Gasteiger partial charge in [-0.05, 0) is 77.9 Å². The summed E-state index contributed by atoms with van der Waals surface area (Å²) in [6.45, 7) is 0. The Morgan fingerprint density at radius 1 is 0.447 bits per heavy atom. The summed E-state index contributed by atoms with van der Waals surface area (Å²) in [5.41, 5.74) is 11.3. The molecular formula is C43H25N3O. The minimum absolute atomic E-state index is 0.625. The van der Waals surface area contributed by atoms with Gasteiger partial charge < -0.3 is 13.6 Å². The molecule has 0 amide bonds. The molecule has 47 heavy (non-hydrogen) atoms. The maximum absolute atomic E-state index is 9.52. The molecule has 0 aliphatic carbocycles. The molecule has 0 N–H and O–H groups in total. The van der Waals surface area contributed by atoms with Gasteiger partial charge in [-0.3, -0.25) is 0 Å². The molecule has 0 unspecified atom stereocenters. The topological polar surface area (TPSA) is 46.8 Å². The lowest BCUT2D eigenvalue weighted by Crippen LogP contribution is -1.95. The third-order valence-electron chi connectivity index (χ3n) is 9.57. The van der Waals surface area contributed by atoms with Crippen LogP contribution in [0, 0.1) is 11.3 Å². The third-order valence-corrected chi connectivity index (χ3v) is 9.57. The van der Waals surface area contributed by atoms with Crippen molar-refractivity contribution in [3.63, 3.8) is 0 Å². The number of rotatable bonds is 3. The molecule has 3 aromatic heterocycles. The Hall–Kier alpha value is -6.57. The lowest BCUT2D eigenvalue weighted by Gasteiger charge is -2.11. The number of hydrogen-bond donors (Lipinski definition) is 0. The van der Waals surface area contributed by atoms with E-state index < -0.39 is 0 Å². The molecule has 4 heteroatoms. The predicted molar refractivity (Wildman–Crippen MR) is 193 cm³/mol. The predicted octanol–water partition coefficient (Wildman–Crippen LogP) is 11.3. The third kappa shape index (κ3) is 3.69. The zero-order chi connectivity index (χ0) is 31.1. The van der Waals surface area contributed by atoms with Crippen LogP contribution in [0.25, 0.3) is 88.1 Å². The van der Waals surface area contributed by atoms with Crippen molar-refractivity contribution in [2.75, 3.05) is 0 Å². The number of nitriles is 1. The molecular weight excluding hydrogens is 574 g/mol. The first-order valence-electron chi connectivity index (χ1n) is 15.7. The number of fused-ring (bicyclic) bond motifs is 10. The van der Waals surface area contributed by atoms with Crippen LogP contribution in [0.4, 0.5) is 0 Å². The van der Waals surface area contributed by atoms with Gasteiger partial charge in [-0.15, -0.1) is 0 Å². The van der Waals surface area contributed by atoms with Crippen LogP contribution in [0.5, 0.6) is 0 Å². The van der Waals surface area contributed by atoms with Crippen LogP contribution in [0.1, 0.15) is 5.56 Å². The fourth-order valence-electron chi connectivity index (χ4n) is 7.43. The van der Waals surface area contributed by atoms with Gasteiger partial charge in [0.2, 0.25) is 0 Å². The molecule has 218 valence electrons. The van der Waals surface area contributed by atoms with Gasteiger partial charge in [0.05, 0.1) is 33.7 Å². The molecule has 0 saturated heterocycles. The first kappa shape index (κ1) is 25.7. The van der Waals surface area contributed by atoms with E-state index in [1.807, 2.05) is 18.2 Å². The number of nitrogens with zero attached hydrogens (tertiary/aromatic N) is 3. The zero-order valence-corrected chi connectivity index (χ0v) is 25.2. The Morgan fingerprint density at radius 2 is 0.957 bits per heavy atom. The first-order valence-corrected chi connectivity index (χ1v) is 15.7. The zero-order valence-electron chi connectivity index (χ0n) is 25.2. The van der Waals surface area contributed by atoms with Crippen LogP contribution >= 0.6 is 0 Å². The average Bonchev–Trinajstić information content (AvgIpc) is 3.79. The Balaban J connectivity index is 1.10. The van der Waals surface area contributed by atoms with Gasteiger partial charge in [-0.1, -0.05) is 84.9 Å². The van der Waals surface area contributed by atoms with Gasteiger partial charge in [-0.2, -0.15) is 5.26 Å². The van der Waals surface area contributed by atoms with Gasteiger partial charge in [0.15, 0.2) is 5.58 Å². The van der Waals surface area contributed by atoms with E-state index in [0.29, 0.717) is 5.56 Å². The van der Waals surface area contributed by atoms with Crippen molar-refractivity contribution in [2.45, 2.75) is 0 Å². The average molecular weight is 600 g/mol. The van der Waals surface area contributed by atoms with E-state index in [1.54, 1.807) is 0 Å². The van der Waals surface area contributed by atoms with Crippen molar-refractivity contribution in [1.82, 2.24) is 9.13 Å². The summed E-state index contributed by atoms with van der Waals surface area (Å²) in [4.78, 5) is 0. The highest BCUT2D eigenvalue weighted by Crippen LogP contribution is 2.41. The van der Waals surface area contributed by atoms with Crippen LogP contribution in [0.15, 0.2) is 156 Å². The molecule has 0 spiro atoms. The van der Waals surface area contributed by atoms with E-state index >= 15 is 0 Å². The van der Waals surface area contributed by atoms with Crippen molar-refractivity contribution < 1.29 is 4.42 Å². The highest BCUT2D eigenvalue weighted by molar-refractivity contribution is 6.21. The smallest absolute Gasteiger partial charge is 0.160 e. The van der Waals surface area contributed by atoms with Crippen LogP contribution in [-0.4, -0.2) is 9.13 Å². The number of aromatic nitrogens is 2. The number of furan rings is 1. The Bertz CT molecular complexity index is 2840. The fourth-order valence-corrected chi connectivity index (χ4v) is 7.43. The second-order valence-electron chi connectivity index (χ2n) is 12.1. The molecule has 3 heterocycles. The Labute approximate surface area is 269 Å². The van der Waals surface area contributed by atoms with E-state index in [9.17, 15) is 5.26 Å². The second kappa shape index (κ2) is 9.71. The molecule has 10 rings (SSSR count).